The van der Waals surface area contributed by atoms with Gasteiger partial charge >= 0.3 is 0 Å². The normalized spacial score (nSPS) is 19.4. The van der Waals surface area contributed by atoms with E-state index in [1.54, 1.807) is 11.3 Å². The predicted molar refractivity (Wildman–Crippen MR) is 104 cm³/mol. The number of nitrogens with zero attached hydrogens (tertiary/aromatic N) is 1. The van der Waals surface area contributed by atoms with Crippen molar-refractivity contribution < 1.29 is 4.79 Å². The molecule has 1 aromatic carbocycles. The fourth-order valence-corrected chi connectivity index (χ4v) is 5.45. The summed E-state index contributed by atoms with van der Waals surface area (Å²) >= 11 is 1.68. The van der Waals surface area contributed by atoms with Crippen molar-refractivity contribution in [1.29, 1.82) is 0 Å². The molecule has 0 spiro atoms. The quantitative estimate of drug-likeness (QED) is 0.881. The molecule has 1 aromatic heterocycles. The maximum absolute atomic E-state index is 13.0. The van der Waals surface area contributed by atoms with Gasteiger partial charge in [0.1, 0.15) is 0 Å². The van der Waals surface area contributed by atoms with E-state index in [0.29, 0.717) is 6.04 Å². The van der Waals surface area contributed by atoms with E-state index in [4.69, 9.17) is 0 Å². The van der Waals surface area contributed by atoms with E-state index < -0.39 is 0 Å². The molecule has 4 heteroatoms. The van der Waals surface area contributed by atoms with E-state index in [1.165, 1.54) is 21.6 Å². The average Bonchev–Trinajstić information content (AvgIpc) is 3.04. The van der Waals surface area contributed by atoms with E-state index in [9.17, 15) is 4.79 Å². The lowest BCUT2D eigenvalue weighted by atomic mass is 9.73. The number of likely N-dealkylation sites (tertiary alicyclic amines) is 1. The molecule has 0 saturated carbocycles. The SMILES string of the molecule is CNC1CCN(C(=O)c2cc3c(s2)-c2ccccc2C(C)(C)C3)CC1. The highest BCUT2D eigenvalue weighted by atomic mass is 32.1. The van der Waals surface area contributed by atoms with Crippen LogP contribution >= 0.6 is 11.3 Å². The molecule has 1 fully saturated rings. The highest BCUT2D eigenvalue weighted by Gasteiger charge is 2.33. The Morgan fingerprint density at radius 2 is 1.96 bits per heavy atom. The second-order valence-electron chi connectivity index (χ2n) is 7.93. The van der Waals surface area contributed by atoms with Crippen LogP contribution < -0.4 is 5.32 Å². The van der Waals surface area contributed by atoms with Gasteiger partial charge in [0.15, 0.2) is 0 Å². The molecule has 0 radical (unpaired) electrons. The summed E-state index contributed by atoms with van der Waals surface area (Å²) in [5, 5.41) is 3.33. The first kappa shape index (κ1) is 16.8. The Balaban J connectivity index is 1.64. The molecular formula is C21H26N2OS. The fourth-order valence-electron chi connectivity index (χ4n) is 4.26. The zero-order valence-corrected chi connectivity index (χ0v) is 16.1. The predicted octanol–water partition coefficient (Wildman–Crippen LogP) is 4.07. The number of carbonyl (C=O) groups is 1. The second-order valence-corrected chi connectivity index (χ2v) is 8.98. The Morgan fingerprint density at radius 1 is 1.24 bits per heavy atom. The molecule has 1 amide bonds. The third-order valence-corrected chi connectivity index (χ3v) is 6.94. The van der Waals surface area contributed by atoms with Gasteiger partial charge in [0.05, 0.1) is 4.88 Å². The lowest BCUT2D eigenvalue weighted by molar-refractivity contribution is 0.0712. The summed E-state index contributed by atoms with van der Waals surface area (Å²) in [6.07, 6.45) is 3.09. The van der Waals surface area contributed by atoms with Crippen molar-refractivity contribution in [2.24, 2.45) is 0 Å². The van der Waals surface area contributed by atoms with Crippen LogP contribution in [0, 0.1) is 0 Å². The van der Waals surface area contributed by atoms with E-state index in [2.05, 4.69) is 49.5 Å². The van der Waals surface area contributed by atoms with Gasteiger partial charge in [-0.05, 0) is 54.5 Å². The minimum atomic E-state index is 0.121. The Bertz CT molecular complexity index is 800. The van der Waals surface area contributed by atoms with Gasteiger partial charge < -0.3 is 10.2 Å². The number of piperidine rings is 1. The highest BCUT2D eigenvalue weighted by molar-refractivity contribution is 7.17. The van der Waals surface area contributed by atoms with Crippen LogP contribution in [0.15, 0.2) is 30.3 Å². The van der Waals surface area contributed by atoms with Gasteiger partial charge in [-0.25, -0.2) is 0 Å². The van der Waals surface area contributed by atoms with Crippen LogP contribution in [0.2, 0.25) is 0 Å². The molecule has 132 valence electrons. The first-order chi connectivity index (χ1) is 12.0. The molecule has 0 bridgehead atoms. The Labute approximate surface area is 154 Å². The van der Waals surface area contributed by atoms with Gasteiger partial charge in [-0.2, -0.15) is 0 Å². The van der Waals surface area contributed by atoms with Crippen LogP contribution in [0.4, 0.5) is 0 Å². The lowest BCUT2D eigenvalue weighted by Crippen LogP contribution is -2.43. The zero-order valence-electron chi connectivity index (χ0n) is 15.3. The number of rotatable bonds is 2. The number of thiophene rings is 1. The Hall–Kier alpha value is -1.65. The highest BCUT2D eigenvalue weighted by Crippen LogP contribution is 2.46. The molecule has 2 aliphatic rings. The van der Waals surface area contributed by atoms with Crippen molar-refractivity contribution in [2.75, 3.05) is 20.1 Å². The molecule has 2 aromatic rings. The lowest BCUT2D eigenvalue weighted by Gasteiger charge is -2.32. The first-order valence-corrected chi connectivity index (χ1v) is 10.0. The first-order valence-electron chi connectivity index (χ1n) is 9.19. The molecule has 0 unspecified atom stereocenters. The topological polar surface area (TPSA) is 32.3 Å². The van der Waals surface area contributed by atoms with Crippen molar-refractivity contribution in [1.82, 2.24) is 10.2 Å². The van der Waals surface area contributed by atoms with Gasteiger partial charge in [0, 0.05) is 24.0 Å². The fraction of sp³-hybridized carbons (Fsp3) is 0.476. The van der Waals surface area contributed by atoms with Crippen LogP contribution in [-0.4, -0.2) is 37.0 Å². The summed E-state index contributed by atoms with van der Waals surface area (Å²) in [5.41, 5.74) is 4.17. The Kier molecular flexibility index (Phi) is 4.20. The van der Waals surface area contributed by atoms with E-state index in [1.807, 2.05) is 11.9 Å². The van der Waals surface area contributed by atoms with Crippen LogP contribution in [0.5, 0.6) is 0 Å². The molecule has 1 aliphatic heterocycles. The maximum Gasteiger partial charge on any atom is 0.263 e. The maximum atomic E-state index is 13.0. The third-order valence-electron chi connectivity index (χ3n) is 5.74. The largest absolute Gasteiger partial charge is 0.338 e. The molecular weight excluding hydrogens is 328 g/mol. The monoisotopic (exact) mass is 354 g/mol. The number of amides is 1. The minimum Gasteiger partial charge on any atom is -0.338 e. The number of fused-ring (bicyclic) bond motifs is 3. The van der Waals surface area contributed by atoms with Gasteiger partial charge in [0.25, 0.3) is 5.91 Å². The average molecular weight is 355 g/mol. The molecule has 1 N–H and O–H groups in total. The van der Waals surface area contributed by atoms with Crippen LogP contribution in [0.1, 0.15) is 47.5 Å². The van der Waals surface area contributed by atoms with Gasteiger partial charge in [-0.15, -0.1) is 11.3 Å². The second kappa shape index (κ2) is 6.26. The number of hydrogen-bond donors (Lipinski definition) is 1. The molecule has 2 heterocycles. The number of carbonyl (C=O) groups excluding carboxylic acids is 1. The number of hydrogen-bond acceptors (Lipinski definition) is 3. The summed E-state index contributed by atoms with van der Waals surface area (Å²) in [6, 6.07) is 11.4. The van der Waals surface area contributed by atoms with Crippen molar-refractivity contribution in [3.05, 3.63) is 46.3 Å². The molecule has 25 heavy (non-hydrogen) atoms. The van der Waals surface area contributed by atoms with E-state index in [0.717, 1.165) is 37.2 Å². The third kappa shape index (κ3) is 2.91. The van der Waals surface area contributed by atoms with E-state index >= 15 is 0 Å². The van der Waals surface area contributed by atoms with Crippen molar-refractivity contribution in [2.45, 2.75) is 44.6 Å². The van der Waals surface area contributed by atoms with Crippen LogP contribution in [0.25, 0.3) is 10.4 Å². The summed E-state index contributed by atoms with van der Waals surface area (Å²) in [7, 11) is 2.01. The molecule has 3 nitrogen and oxygen atoms in total. The summed E-state index contributed by atoms with van der Waals surface area (Å²) in [4.78, 5) is 17.2. The Morgan fingerprint density at radius 3 is 2.68 bits per heavy atom. The summed E-state index contributed by atoms with van der Waals surface area (Å²) < 4.78 is 0. The van der Waals surface area contributed by atoms with Crippen LogP contribution in [-0.2, 0) is 11.8 Å². The number of nitrogens with one attached hydrogen (secondary N) is 1. The van der Waals surface area contributed by atoms with Crippen molar-refractivity contribution >= 4 is 17.2 Å². The smallest absolute Gasteiger partial charge is 0.263 e. The van der Waals surface area contributed by atoms with Gasteiger partial charge in [0.2, 0.25) is 0 Å². The molecule has 1 saturated heterocycles. The summed E-state index contributed by atoms with van der Waals surface area (Å²) in [5.74, 6) is 0.212. The van der Waals surface area contributed by atoms with Crippen molar-refractivity contribution in [3.63, 3.8) is 0 Å². The zero-order chi connectivity index (χ0) is 17.6. The van der Waals surface area contributed by atoms with Gasteiger partial charge in [-0.1, -0.05) is 38.1 Å². The van der Waals surface area contributed by atoms with Crippen molar-refractivity contribution in [3.8, 4) is 10.4 Å². The minimum absolute atomic E-state index is 0.121. The summed E-state index contributed by atoms with van der Waals surface area (Å²) in [6.45, 7) is 6.32. The molecule has 0 atom stereocenters. The number of benzene rings is 1. The molecule has 1 aliphatic carbocycles. The molecule has 4 rings (SSSR count). The van der Waals surface area contributed by atoms with Gasteiger partial charge in [-0.3, -0.25) is 4.79 Å². The van der Waals surface area contributed by atoms with E-state index in [-0.39, 0.29) is 11.3 Å². The standard InChI is InChI=1S/C21H26N2OS/c1-21(2)13-14-12-18(20(24)23-10-8-15(22-3)9-11-23)25-19(14)16-6-4-5-7-17(16)21/h4-7,12,15,22H,8-11,13H2,1-3H3. The van der Waals surface area contributed by atoms with Crippen LogP contribution in [0.3, 0.4) is 0 Å².